The number of anilines is 1. The summed E-state index contributed by atoms with van der Waals surface area (Å²) in [5.74, 6) is -0.0751. The van der Waals surface area contributed by atoms with Crippen LogP contribution in [0.15, 0.2) is 42.0 Å². The summed E-state index contributed by atoms with van der Waals surface area (Å²) >= 11 is 2.78. The van der Waals surface area contributed by atoms with Gasteiger partial charge in [-0.05, 0) is 23.6 Å². The van der Waals surface area contributed by atoms with Gasteiger partial charge in [0.1, 0.15) is 0 Å². The van der Waals surface area contributed by atoms with E-state index in [1.165, 1.54) is 27.6 Å². The molecule has 5 nitrogen and oxygen atoms in total. The molecule has 0 bridgehead atoms. The first-order valence-corrected chi connectivity index (χ1v) is 7.51. The average Bonchev–Trinajstić information content (AvgIpc) is 3.18. The van der Waals surface area contributed by atoms with Gasteiger partial charge in [0.05, 0.1) is 4.88 Å². The zero-order chi connectivity index (χ0) is 13.9. The van der Waals surface area contributed by atoms with Crippen molar-refractivity contribution in [2.24, 2.45) is 0 Å². The van der Waals surface area contributed by atoms with E-state index in [2.05, 4.69) is 15.2 Å². The van der Waals surface area contributed by atoms with Gasteiger partial charge in [-0.2, -0.15) is 0 Å². The van der Waals surface area contributed by atoms with E-state index in [1.54, 1.807) is 25.5 Å². The van der Waals surface area contributed by atoms with Crippen molar-refractivity contribution in [2.45, 2.75) is 0 Å². The van der Waals surface area contributed by atoms with Gasteiger partial charge in [-0.1, -0.05) is 17.4 Å². The Labute approximate surface area is 123 Å². The molecule has 1 amide bonds. The Morgan fingerprint density at radius 3 is 2.85 bits per heavy atom. The second-order valence-electron chi connectivity index (χ2n) is 3.97. The van der Waals surface area contributed by atoms with Crippen LogP contribution >= 0.6 is 22.7 Å². The molecule has 0 saturated heterocycles. The lowest BCUT2D eigenvalue weighted by atomic mass is 10.3. The van der Waals surface area contributed by atoms with Gasteiger partial charge in [-0.25, -0.2) is 0 Å². The number of hydrogen-bond donors (Lipinski definition) is 0. The number of nitrogens with zero attached hydrogens (tertiary/aromatic N) is 4. The van der Waals surface area contributed by atoms with Crippen molar-refractivity contribution in [2.75, 3.05) is 11.9 Å². The van der Waals surface area contributed by atoms with Crippen LogP contribution in [0.2, 0.25) is 0 Å². The molecule has 7 heteroatoms. The van der Waals surface area contributed by atoms with Crippen molar-refractivity contribution in [3.8, 4) is 10.6 Å². The van der Waals surface area contributed by atoms with Crippen LogP contribution in [-0.4, -0.2) is 28.1 Å². The van der Waals surface area contributed by atoms with E-state index in [0.29, 0.717) is 10.0 Å². The van der Waals surface area contributed by atoms with Crippen molar-refractivity contribution in [1.29, 1.82) is 0 Å². The summed E-state index contributed by atoms with van der Waals surface area (Å²) in [7, 11) is 1.70. The second-order valence-corrected chi connectivity index (χ2v) is 5.88. The molecule has 3 rings (SSSR count). The van der Waals surface area contributed by atoms with E-state index >= 15 is 0 Å². The maximum atomic E-state index is 12.2. The fourth-order valence-corrected chi connectivity index (χ4v) is 3.10. The Balaban J connectivity index is 1.85. The zero-order valence-corrected chi connectivity index (χ0v) is 12.2. The van der Waals surface area contributed by atoms with E-state index in [1.807, 2.05) is 23.6 Å². The quantitative estimate of drug-likeness (QED) is 0.746. The maximum Gasteiger partial charge on any atom is 0.269 e. The number of aromatic nitrogens is 3. The van der Waals surface area contributed by atoms with Crippen molar-refractivity contribution >= 4 is 33.7 Å². The van der Waals surface area contributed by atoms with Crippen LogP contribution in [0.25, 0.3) is 10.6 Å². The third-order valence-electron chi connectivity index (χ3n) is 2.65. The molecule has 0 aromatic carbocycles. The van der Waals surface area contributed by atoms with Crippen LogP contribution in [0.4, 0.5) is 5.13 Å². The first kappa shape index (κ1) is 12.9. The molecule has 0 aliphatic carbocycles. The highest BCUT2D eigenvalue weighted by atomic mass is 32.1. The van der Waals surface area contributed by atoms with E-state index in [-0.39, 0.29) is 5.91 Å². The Bertz CT molecular complexity index is 709. The minimum atomic E-state index is -0.0751. The van der Waals surface area contributed by atoms with Crippen LogP contribution in [-0.2, 0) is 0 Å². The Kier molecular flexibility index (Phi) is 3.53. The van der Waals surface area contributed by atoms with Crippen molar-refractivity contribution in [3.63, 3.8) is 0 Å². The lowest BCUT2D eigenvalue weighted by Gasteiger charge is -2.10. The molecule has 0 saturated carbocycles. The smallest absolute Gasteiger partial charge is 0.269 e. The molecular formula is C13H10N4OS2. The molecular weight excluding hydrogens is 292 g/mol. The number of rotatable bonds is 3. The molecule has 100 valence electrons. The molecule has 0 atom stereocenters. The van der Waals surface area contributed by atoms with E-state index in [9.17, 15) is 4.79 Å². The van der Waals surface area contributed by atoms with Gasteiger partial charge in [0.15, 0.2) is 5.01 Å². The number of amides is 1. The van der Waals surface area contributed by atoms with E-state index in [4.69, 9.17) is 0 Å². The number of thiophene rings is 1. The van der Waals surface area contributed by atoms with Gasteiger partial charge >= 0.3 is 0 Å². The summed E-state index contributed by atoms with van der Waals surface area (Å²) < 4.78 is 0. The highest BCUT2D eigenvalue weighted by Crippen LogP contribution is 2.28. The van der Waals surface area contributed by atoms with E-state index < -0.39 is 0 Å². The molecule has 0 fully saturated rings. The monoisotopic (exact) mass is 302 g/mol. The normalized spacial score (nSPS) is 10.4. The first-order valence-electron chi connectivity index (χ1n) is 5.81. The number of hydrogen-bond acceptors (Lipinski definition) is 6. The predicted molar refractivity (Wildman–Crippen MR) is 80.2 cm³/mol. The SMILES string of the molecule is CN(C(=O)c1cccs1)c1nnc(-c2cccnc2)s1. The molecule has 3 heterocycles. The molecule has 20 heavy (non-hydrogen) atoms. The summed E-state index contributed by atoms with van der Waals surface area (Å²) in [6.45, 7) is 0. The van der Waals surface area contributed by atoms with Gasteiger partial charge in [-0.3, -0.25) is 14.7 Å². The maximum absolute atomic E-state index is 12.2. The lowest BCUT2D eigenvalue weighted by Crippen LogP contribution is -2.25. The van der Waals surface area contributed by atoms with Crippen LogP contribution in [0, 0.1) is 0 Å². The minimum absolute atomic E-state index is 0.0751. The molecule has 0 unspecified atom stereocenters. The van der Waals surface area contributed by atoms with Gasteiger partial charge in [-0.15, -0.1) is 21.5 Å². The summed E-state index contributed by atoms with van der Waals surface area (Å²) in [6.07, 6.45) is 3.43. The Morgan fingerprint density at radius 1 is 1.25 bits per heavy atom. The number of carbonyl (C=O) groups excluding carboxylic acids is 1. The predicted octanol–water partition coefficient (Wildman–Crippen LogP) is 2.94. The topological polar surface area (TPSA) is 59.0 Å². The third-order valence-corrected chi connectivity index (χ3v) is 4.55. The summed E-state index contributed by atoms with van der Waals surface area (Å²) in [6, 6.07) is 7.41. The standard InChI is InChI=1S/C13H10N4OS2/c1-17(12(18)10-5-3-7-19-10)13-16-15-11(20-13)9-4-2-6-14-8-9/h2-8H,1H3. The molecule has 0 spiro atoms. The fourth-order valence-electron chi connectivity index (χ4n) is 1.61. The molecule has 3 aromatic rings. The largest absolute Gasteiger partial charge is 0.285 e. The first-order chi connectivity index (χ1) is 9.75. The van der Waals surface area contributed by atoms with Gasteiger partial charge in [0.2, 0.25) is 5.13 Å². The Hall–Kier alpha value is -2.12. The van der Waals surface area contributed by atoms with Gasteiger partial charge in [0.25, 0.3) is 5.91 Å². The fraction of sp³-hybridized carbons (Fsp3) is 0.0769. The molecule has 0 radical (unpaired) electrons. The van der Waals surface area contributed by atoms with Crippen molar-refractivity contribution in [3.05, 3.63) is 46.9 Å². The van der Waals surface area contributed by atoms with Crippen molar-refractivity contribution in [1.82, 2.24) is 15.2 Å². The molecule has 0 N–H and O–H groups in total. The van der Waals surface area contributed by atoms with Crippen LogP contribution in [0.3, 0.4) is 0 Å². The summed E-state index contributed by atoms with van der Waals surface area (Å²) in [5, 5.41) is 11.4. The lowest BCUT2D eigenvalue weighted by molar-refractivity contribution is 0.0996. The van der Waals surface area contributed by atoms with E-state index in [0.717, 1.165) is 10.6 Å². The van der Waals surface area contributed by atoms with Crippen LogP contribution < -0.4 is 4.90 Å². The highest BCUT2D eigenvalue weighted by molar-refractivity contribution is 7.18. The third kappa shape index (κ3) is 2.45. The second kappa shape index (κ2) is 5.48. The number of pyridine rings is 1. The zero-order valence-electron chi connectivity index (χ0n) is 10.6. The van der Waals surface area contributed by atoms with Crippen LogP contribution in [0.5, 0.6) is 0 Å². The van der Waals surface area contributed by atoms with Gasteiger partial charge in [0, 0.05) is 25.0 Å². The number of carbonyl (C=O) groups is 1. The highest BCUT2D eigenvalue weighted by Gasteiger charge is 2.18. The summed E-state index contributed by atoms with van der Waals surface area (Å²) in [4.78, 5) is 18.5. The Morgan fingerprint density at radius 2 is 2.15 bits per heavy atom. The molecule has 0 aliphatic heterocycles. The van der Waals surface area contributed by atoms with Gasteiger partial charge < -0.3 is 0 Å². The minimum Gasteiger partial charge on any atom is -0.285 e. The molecule has 0 aliphatic rings. The van der Waals surface area contributed by atoms with Crippen LogP contribution in [0.1, 0.15) is 9.67 Å². The summed E-state index contributed by atoms with van der Waals surface area (Å²) in [5.41, 5.74) is 0.897. The molecule has 3 aromatic heterocycles. The van der Waals surface area contributed by atoms with Crippen molar-refractivity contribution < 1.29 is 4.79 Å². The average molecular weight is 302 g/mol.